The number of amides is 1. The molecule has 0 aromatic heterocycles. The first-order valence-corrected chi connectivity index (χ1v) is 10.7. The van der Waals surface area contributed by atoms with Gasteiger partial charge in [0.25, 0.3) is 5.91 Å². The molecule has 0 saturated carbocycles. The van der Waals surface area contributed by atoms with Crippen molar-refractivity contribution in [3.63, 3.8) is 0 Å². The maximum Gasteiger partial charge on any atom is 0.254 e. The minimum atomic E-state index is -0.241. The van der Waals surface area contributed by atoms with Crippen LogP contribution in [0.1, 0.15) is 48.7 Å². The second-order valence-electron chi connectivity index (χ2n) is 8.37. The summed E-state index contributed by atoms with van der Waals surface area (Å²) in [4.78, 5) is 20.0. The summed E-state index contributed by atoms with van der Waals surface area (Å²) in [7, 11) is 0. The first kappa shape index (κ1) is 19.9. The molecule has 1 amide bonds. The van der Waals surface area contributed by atoms with Crippen molar-refractivity contribution in [2.45, 2.75) is 38.8 Å². The maximum absolute atomic E-state index is 13.3. The SMILES string of the molecule is CC(C)N1CCN(c2ccc(C(=O)N3CCCC3c3ccc(F)cc3)cc2)CC1. The molecular formula is C24H30FN3O. The van der Waals surface area contributed by atoms with Gasteiger partial charge in [0.1, 0.15) is 5.82 Å². The summed E-state index contributed by atoms with van der Waals surface area (Å²) in [5.74, 6) is -0.178. The minimum absolute atomic E-state index is 0.0342. The molecule has 2 aliphatic rings. The van der Waals surface area contributed by atoms with E-state index in [1.54, 1.807) is 12.1 Å². The topological polar surface area (TPSA) is 26.8 Å². The second kappa shape index (κ2) is 8.54. The fraction of sp³-hybridized carbons (Fsp3) is 0.458. The minimum Gasteiger partial charge on any atom is -0.369 e. The van der Waals surface area contributed by atoms with Crippen LogP contribution in [0.4, 0.5) is 10.1 Å². The summed E-state index contributed by atoms with van der Waals surface area (Å²) in [6, 6.07) is 15.2. The number of nitrogens with zero attached hydrogens (tertiary/aromatic N) is 3. The quantitative estimate of drug-likeness (QED) is 0.771. The molecular weight excluding hydrogens is 365 g/mol. The molecule has 0 N–H and O–H groups in total. The van der Waals surface area contributed by atoms with Crippen LogP contribution in [-0.4, -0.2) is 54.5 Å². The van der Waals surface area contributed by atoms with Crippen molar-refractivity contribution in [1.29, 1.82) is 0 Å². The van der Waals surface area contributed by atoms with E-state index >= 15 is 0 Å². The van der Waals surface area contributed by atoms with Gasteiger partial charge in [0.2, 0.25) is 0 Å². The van der Waals surface area contributed by atoms with E-state index in [1.807, 2.05) is 17.0 Å². The smallest absolute Gasteiger partial charge is 0.254 e. The normalized spacial score (nSPS) is 20.5. The highest BCUT2D eigenvalue weighted by Crippen LogP contribution is 2.33. The van der Waals surface area contributed by atoms with Crippen LogP contribution in [0.2, 0.25) is 0 Å². The van der Waals surface area contributed by atoms with Crippen molar-refractivity contribution >= 4 is 11.6 Å². The van der Waals surface area contributed by atoms with E-state index in [4.69, 9.17) is 0 Å². The van der Waals surface area contributed by atoms with Crippen LogP contribution in [0.3, 0.4) is 0 Å². The van der Waals surface area contributed by atoms with Gasteiger partial charge in [-0.25, -0.2) is 4.39 Å². The Morgan fingerprint density at radius 1 is 0.931 bits per heavy atom. The van der Waals surface area contributed by atoms with Crippen LogP contribution >= 0.6 is 0 Å². The lowest BCUT2D eigenvalue weighted by molar-refractivity contribution is 0.0735. The lowest BCUT2D eigenvalue weighted by atomic mass is 10.0. The van der Waals surface area contributed by atoms with Gasteiger partial charge < -0.3 is 9.80 Å². The monoisotopic (exact) mass is 395 g/mol. The van der Waals surface area contributed by atoms with Gasteiger partial charge in [0.05, 0.1) is 6.04 Å². The predicted octanol–water partition coefficient (Wildman–Crippen LogP) is 4.33. The van der Waals surface area contributed by atoms with Crippen LogP contribution in [0, 0.1) is 5.82 Å². The molecule has 154 valence electrons. The number of anilines is 1. The van der Waals surface area contributed by atoms with Crippen molar-refractivity contribution in [2.75, 3.05) is 37.6 Å². The van der Waals surface area contributed by atoms with Crippen LogP contribution in [0.5, 0.6) is 0 Å². The molecule has 1 atom stereocenters. The zero-order valence-corrected chi connectivity index (χ0v) is 17.4. The van der Waals surface area contributed by atoms with Gasteiger partial charge in [-0.05, 0) is 68.7 Å². The van der Waals surface area contributed by atoms with Gasteiger partial charge in [-0.2, -0.15) is 0 Å². The van der Waals surface area contributed by atoms with Gasteiger partial charge in [0.15, 0.2) is 0 Å². The maximum atomic E-state index is 13.3. The molecule has 2 aromatic rings. The van der Waals surface area contributed by atoms with Gasteiger partial charge in [-0.15, -0.1) is 0 Å². The zero-order chi connectivity index (χ0) is 20.4. The number of rotatable bonds is 4. The third kappa shape index (κ3) is 4.30. The number of benzene rings is 2. The van der Waals surface area contributed by atoms with E-state index < -0.39 is 0 Å². The number of hydrogen-bond donors (Lipinski definition) is 0. The largest absolute Gasteiger partial charge is 0.369 e. The number of carbonyl (C=O) groups excluding carboxylic acids is 1. The Morgan fingerprint density at radius 2 is 1.59 bits per heavy atom. The van der Waals surface area contributed by atoms with Crippen molar-refractivity contribution < 1.29 is 9.18 Å². The molecule has 0 radical (unpaired) electrons. The Labute approximate surface area is 172 Å². The van der Waals surface area contributed by atoms with E-state index in [0.29, 0.717) is 6.04 Å². The van der Waals surface area contributed by atoms with E-state index in [-0.39, 0.29) is 17.8 Å². The summed E-state index contributed by atoms with van der Waals surface area (Å²) in [6.07, 6.45) is 1.90. The molecule has 4 nitrogen and oxygen atoms in total. The number of halogens is 1. The standard InChI is InChI=1S/C24H30FN3O/c1-18(2)26-14-16-27(17-15-26)22-11-7-20(8-12-22)24(29)28-13-3-4-23(28)19-5-9-21(25)10-6-19/h5-12,18,23H,3-4,13-17H2,1-2H3. The fourth-order valence-electron chi connectivity index (χ4n) is 4.52. The van der Waals surface area contributed by atoms with E-state index in [0.717, 1.165) is 56.7 Å². The van der Waals surface area contributed by atoms with Crippen LogP contribution < -0.4 is 4.90 Å². The first-order valence-electron chi connectivity index (χ1n) is 10.7. The molecule has 2 heterocycles. The molecule has 29 heavy (non-hydrogen) atoms. The van der Waals surface area contributed by atoms with Gasteiger partial charge in [-0.3, -0.25) is 9.69 Å². The average Bonchev–Trinajstić information content (AvgIpc) is 3.24. The predicted molar refractivity (Wildman–Crippen MR) is 115 cm³/mol. The third-order valence-corrected chi connectivity index (χ3v) is 6.29. The summed E-state index contributed by atoms with van der Waals surface area (Å²) < 4.78 is 13.3. The zero-order valence-electron chi connectivity index (χ0n) is 17.4. The highest BCUT2D eigenvalue weighted by atomic mass is 19.1. The lowest BCUT2D eigenvalue weighted by Crippen LogP contribution is -2.48. The first-order chi connectivity index (χ1) is 14.0. The molecule has 5 heteroatoms. The lowest BCUT2D eigenvalue weighted by Gasteiger charge is -2.38. The number of piperazine rings is 1. The Balaban J connectivity index is 1.43. The Hall–Kier alpha value is -2.40. The molecule has 2 fully saturated rings. The summed E-state index contributed by atoms with van der Waals surface area (Å²) >= 11 is 0. The van der Waals surface area contributed by atoms with Gasteiger partial charge in [0, 0.05) is 50.0 Å². The molecule has 0 bridgehead atoms. The molecule has 0 aliphatic carbocycles. The molecule has 4 rings (SSSR count). The molecule has 2 aliphatic heterocycles. The van der Waals surface area contributed by atoms with Crippen LogP contribution in [-0.2, 0) is 0 Å². The summed E-state index contributed by atoms with van der Waals surface area (Å²) in [5, 5.41) is 0. The second-order valence-corrected chi connectivity index (χ2v) is 8.37. The van der Waals surface area contributed by atoms with Crippen LogP contribution in [0.15, 0.2) is 48.5 Å². The number of carbonyl (C=O) groups is 1. The molecule has 2 aromatic carbocycles. The van der Waals surface area contributed by atoms with Crippen molar-refractivity contribution in [3.05, 3.63) is 65.5 Å². The number of hydrogen-bond acceptors (Lipinski definition) is 3. The van der Waals surface area contributed by atoms with Crippen molar-refractivity contribution in [2.24, 2.45) is 0 Å². The number of likely N-dealkylation sites (tertiary alicyclic amines) is 1. The van der Waals surface area contributed by atoms with Gasteiger partial charge in [-0.1, -0.05) is 12.1 Å². The van der Waals surface area contributed by atoms with Gasteiger partial charge >= 0.3 is 0 Å². The fourth-order valence-corrected chi connectivity index (χ4v) is 4.52. The highest BCUT2D eigenvalue weighted by molar-refractivity contribution is 5.95. The molecule has 0 spiro atoms. The molecule has 1 unspecified atom stereocenters. The average molecular weight is 396 g/mol. The third-order valence-electron chi connectivity index (χ3n) is 6.29. The van der Waals surface area contributed by atoms with E-state index in [1.165, 1.54) is 17.8 Å². The van der Waals surface area contributed by atoms with Crippen molar-refractivity contribution in [3.8, 4) is 0 Å². The Bertz CT molecular complexity index is 826. The summed E-state index contributed by atoms with van der Waals surface area (Å²) in [5.41, 5.74) is 2.92. The van der Waals surface area contributed by atoms with E-state index in [2.05, 4.69) is 35.8 Å². The Kier molecular flexibility index (Phi) is 5.86. The summed E-state index contributed by atoms with van der Waals surface area (Å²) in [6.45, 7) is 9.42. The van der Waals surface area contributed by atoms with Crippen molar-refractivity contribution in [1.82, 2.24) is 9.80 Å². The van der Waals surface area contributed by atoms with E-state index in [9.17, 15) is 9.18 Å². The molecule has 2 saturated heterocycles. The Morgan fingerprint density at radius 3 is 2.21 bits per heavy atom. The highest BCUT2D eigenvalue weighted by Gasteiger charge is 2.30. The van der Waals surface area contributed by atoms with Crippen LogP contribution in [0.25, 0.3) is 0 Å².